The fourth-order valence-corrected chi connectivity index (χ4v) is 9.65. The number of nitrogens with zero attached hydrogens (tertiary/aromatic N) is 3. The number of allylic oxidation sites excluding steroid dienone is 5. The first-order chi connectivity index (χ1) is 27.7. The molecule has 0 radical (unpaired) electrons. The third kappa shape index (κ3) is 4.64. The number of anilines is 1. The van der Waals surface area contributed by atoms with Gasteiger partial charge in [-0.3, -0.25) is 0 Å². The number of aliphatic imine (C=N–C) groups is 1. The molecule has 268 valence electrons. The summed E-state index contributed by atoms with van der Waals surface area (Å²) in [4.78, 5) is 5.83. The molecule has 0 fully saturated rings. The van der Waals surface area contributed by atoms with Crippen molar-refractivity contribution in [3.63, 3.8) is 0 Å². The van der Waals surface area contributed by atoms with Crippen LogP contribution >= 0.6 is 0 Å². The summed E-state index contributed by atoms with van der Waals surface area (Å²) in [5.74, 6) is 3.13. The third-order valence-corrected chi connectivity index (χ3v) is 12.2. The molecule has 5 nitrogen and oxygen atoms in total. The van der Waals surface area contributed by atoms with Crippen molar-refractivity contribution in [3.05, 3.63) is 185 Å². The van der Waals surface area contributed by atoms with E-state index in [9.17, 15) is 0 Å². The molecule has 0 amide bonds. The van der Waals surface area contributed by atoms with Crippen LogP contribution in [0.3, 0.4) is 0 Å². The van der Waals surface area contributed by atoms with E-state index in [1.165, 1.54) is 38.1 Å². The Kier molecular flexibility index (Phi) is 6.79. The summed E-state index contributed by atoms with van der Waals surface area (Å²) in [6, 6.07) is 48.1. The molecule has 6 aromatic carbocycles. The van der Waals surface area contributed by atoms with Crippen LogP contribution in [0.5, 0.6) is 0 Å². The lowest BCUT2D eigenvalue weighted by atomic mass is 9.86. The zero-order chi connectivity index (χ0) is 36.9. The minimum Gasteiger partial charge on any atom is -0.444 e. The van der Waals surface area contributed by atoms with Gasteiger partial charge in [-0.15, -0.1) is 0 Å². The third-order valence-electron chi connectivity index (χ3n) is 12.2. The van der Waals surface area contributed by atoms with Gasteiger partial charge >= 0.3 is 0 Å². The van der Waals surface area contributed by atoms with Crippen LogP contribution in [0.1, 0.15) is 48.4 Å². The van der Waals surface area contributed by atoms with Crippen LogP contribution in [0.25, 0.3) is 66.1 Å². The van der Waals surface area contributed by atoms with Crippen LogP contribution in [0.15, 0.2) is 172 Å². The number of rotatable bonds is 4. The molecule has 1 N–H and O–H groups in total. The predicted octanol–water partition coefficient (Wildman–Crippen LogP) is 12.9. The van der Waals surface area contributed by atoms with Crippen molar-refractivity contribution in [1.82, 2.24) is 9.13 Å². The molecule has 0 bridgehead atoms. The molecule has 0 saturated carbocycles. The first-order valence-electron chi connectivity index (χ1n) is 19.8. The van der Waals surface area contributed by atoms with Gasteiger partial charge in [-0.05, 0) is 89.2 Å². The Morgan fingerprint density at radius 3 is 2.30 bits per heavy atom. The number of nitrogens with one attached hydrogen (secondary N) is 1. The zero-order valence-electron chi connectivity index (χ0n) is 31.0. The highest BCUT2D eigenvalue weighted by molar-refractivity contribution is 6.23. The van der Waals surface area contributed by atoms with Gasteiger partial charge in [0.25, 0.3) is 0 Å². The molecule has 2 unspecified atom stereocenters. The highest BCUT2D eigenvalue weighted by atomic mass is 16.4. The van der Waals surface area contributed by atoms with Gasteiger partial charge in [0.05, 0.1) is 27.6 Å². The Labute approximate surface area is 324 Å². The van der Waals surface area contributed by atoms with Crippen molar-refractivity contribution in [2.45, 2.75) is 32.4 Å². The van der Waals surface area contributed by atoms with E-state index >= 15 is 0 Å². The summed E-state index contributed by atoms with van der Waals surface area (Å²) in [6.07, 6.45) is 11.9. The van der Waals surface area contributed by atoms with E-state index in [1.54, 1.807) is 0 Å². The van der Waals surface area contributed by atoms with Gasteiger partial charge in [0.2, 0.25) is 5.88 Å². The van der Waals surface area contributed by atoms with E-state index in [-0.39, 0.29) is 6.17 Å². The van der Waals surface area contributed by atoms with Crippen LogP contribution in [-0.2, 0) is 6.42 Å². The second-order valence-corrected chi connectivity index (χ2v) is 15.6. The predicted molar refractivity (Wildman–Crippen MR) is 232 cm³/mol. The lowest BCUT2D eigenvalue weighted by Gasteiger charge is -2.26. The summed E-state index contributed by atoms with van der Waals surface area (Å²) >= 11 is 0. The topological polar surface area (TPSA) is 47.4 Å². The summed E-state index contributed by atoms with van der Waals surface area (Å²) < 4.78 is 11.8. The fraction of sp³-hybridized carbons (Fsp3) is 0.118. The maximum atomic E-state index is 6.94. The minimum atomic E-state index is -0.388. The summed E-state index contributed by atoms with van der Waals surface area (Å²) in [5, 5.41) is 11.0. The molecule has 12 rings (SSSR count). The Morgan fingerprint density at radius 1 is 0.696 bits per heavy atom. The highest BCUT2D eigenvalue weighted by Gasteiger charge is 2.36. The quantitative estimate of drug-likeness (QED) is 0.197. The van der Waals surface area contributed by atoms with Crippen LogP contribution in [0.4, 0.5) is 5.88 Å². The van der Waals surface area contributed by atoms with Gasteiger partial charge in [0.1, 0.15) is 11.6 Å². The average molecular weight is 723 g/mol. The number of para-hydroxylation sites is 3. The van der Waals surface area contributed by atoms with Gasteiger partial charge in [0, 0.05) is 44.8 Å². The van der Waals surface area contributed by atoms with Crippen molar-refractivity contribution in [1.29, 1.82) is 0 Å². The number of amidine groups is 1. The van der Waals surface area contributed by atoms with E-state index in [0.29, 0.717) is 5.92 Å². The first-order valence-corrected chi connectivity index (χ1v) is 19.8. The number of hydrogen-bond acceptors (Lipinski definition) is 3. The van der Waals surface area contributed by atoms with Crippen molar-refractivity contribution in [3.8, 4) is 5.69 Å². The number of benzene rings is 6. The molecule has 56 heavy (non-hydrogen) atoms. The van der Waals surface area contributed by atoms with Gasteiger partial charge in [-0.2, -0.15) is 0 Å². The minimum absolute atomic E-state index is 0.388. The van der Waals surface area contributed by atoms with Crippen LogP contribution in [0, 0.1) is 5.92 Å². The van der Waals surface area contributed by atoms with E-state index in [1.807, 2.05) is 0 Å². The standard InChI is InChI=1S/C51H38N4O/c1-31-13-11-16-32(27-31)35-25-26-46-41(29-35)48-50(55-42-22-9-7-19-37(42)40-28-33-14-5-6-15-34(33)30-45(40)55)52-49(53-51(48)56-46)39-21-12-24-44-47(39)38-20-8-10-23-43(38)54(44)36-17-3-2-4-18-36/h2-12,14-24,27-31,50H,13,25-26H2,1H3,(H,52,53). The van der Waals surface area contributed by atoms with Gasteiger partial charge < -0.3 is 18.9 Å². The summed E-state index contributed by atoms with van der Waals surface area (Å²) in [5.41, 5.74) is 11.7. The maximum Gasteiger partial charge on any atom is 0.206 e. The molecule has 9 aromatic rings. The van der Waals surface area contributed by atoms with Crippen molar-refractivity contribution in [2.75, 3.05) is 5.32 Å². The highest BCUT2D eigenvalue weighted by Crippen LogP contribution is 2.47. The molecular formula is C51H38N4O. The van der Waals surface area contributed by atoms with Gasteiger partial charge in [-0.1, -0.05) is 116 Å². The monoisotopic (exact) mass is 722 g/mol. The number of furan rings is 1. The van der Waals surface area contributed by atoms with E-state index in [4.69, 9.17) is 9.41 Å². The van der Waals surface area contributed by atoms with E-state index < -0.39 is 0 Å². The molecule has 3 aromatic heterocycles. The summed E-state index contributed by atoms with van der Waals surface area (Å²) in [7, 11) is 0. The smallest absolute Gasteiger partial charge is 0.206 e. The normalized spacial score (nSPS) is 17.9. The summed E-state index contributed by atoms with van der Waals surface area (Å²) in [6.45, 7) is 2.30. The average Bonchev–Trinajstić information content (AvgIpc) is 3.90. The maximum absolute atomic E-state index is 6.94. The SMILES string of the molecule is CC1C=C(C2=Cc3c(oc4c3C(n3c5ccccc5c5cc6ccccc6cc53)N=C(c3cccc5c3c3ccccc3n5-c3ccccc3)N4)CC2)C=CC1. The van der Waals surface area contributed by atoms with Crippen molar-refractivity contribution >= 4 is 72.2 Å². The molecule has 5 heteroatoms. The fourth-order valence-electron chi connectivity index (χ4n) is 9.65. The molecule has 4 heterocycles. The number of hydrogen-bond donors (Lipinski definition) is 1. The lowest BCUT2D eigenvalue weighted by Crippen LogP contribution is -2.24. The Morgan fingerprint density at radius 2 is 1.45 bits per heavy atom. The first kappa shape index (κ1) is 31.5. The van der Waals surface area contributed by atoms with Gasteiger partial charge in [0.15, 0.2) is 6.17 Å². The van der Waals surface area contributed by atoms with E-state index in [0.717, 1.165) is 86.6 Å². The van der Waals surface area contributed by atoms with Crippen LogP contribution in [0.2, 0.25) is 0 Å². The Balaban J connectivity index is 1.15. The molecule has 2 atom stereocenters. The van der Waals surface area contributed by atoms with Crippen molar-refractivity contribution in [2.24, 2.45) is 10.9 Å². The molecule has 0 saturated heterocycles. The second kappa shape index (κ2) is 12.1. The largest absolute Gasteiger partial charge is 0.444 e. The van der Waals surface area contributed by atoms with Gasteiger partial charge in [-0.25, -0.2) is 4.99 Å². The zero-order valence-corrected chi connectivity index (χ0v) is 31.0. The molecule has 3 aliphatic rings. The van der Waals surface area contributed by atoms with E-state index in [2.05, 4.69) is 179 Å². The second-order valence-electron chi connectivity index (χ2n) is 15.6. The number of aryl methyl sites for hydroxylation is 1. The molecule has 0 spiro atoms. The number of fused-ring (bicyclic) bond motifs is 10. The number of aromatic nitrogens is 2. The molecule has 2 aliphatic carbocycles. The molecule has 1 aliphatic heterocycles. The van der Waals surface area contributed by atoms with Crippen LogP contribution < -0.4 is 5.32 Å². The van der Waals surface area contributed by atoms with Crippen molar-refractivity contribution < 1.29 is 4.42 Å². The Bertz CT molecular complexity index is 3220. The molecular weight excluding hydrogens is 685 g/mol. The Hall–Kier alpha value is -6.85. The lowest BCUT2D eigenvalue weighted by molar-refractivity contribution is 0.515. The van der Waals surface area contributed by atoms with Crippen LogP contribution in [-0.4, -0.2) is 15.0 Å².